The minimum Gasteiger partial charge on any atom is -0.493 e. The normalized spacial score (nSPS) is 10.0. The van der Waals surface area contributed by atoms with Crippen molar-refractivity contribution >= 4 is 0 Å². The molecule has 0 bridgehead atoms. The second-order valence-electron chi connectivity index (χ2n) is 2.50. The van der Waals surface area contributed by atoms with Gasteiger partial charge in [-0.3, -0.25) is 4.98 Å². The first-order valence-corrected chi connectivity index (χ1v) is 3.79. The summed E-state index contributed by atoms with van der Waals surface area (Å²) in [7, 11) is 0. The lowest BCUT2D eigenvalue weighted by Crippen LogP contribution is -1.91. The molecule has 0 amide bonds. The largest absolute Gasteiger partial charge is 0.493 e. The van der Waals surface area contributed by atoms with E-state index >= 15 is 0 Å². The summed E-state index contributed by atoms with van der Waals surface area (Å²) in [6, 6.07) is 1.04. The zero-order valence-electron chi connectivity index (χ0n) is 6.99. The van der Waals surface area contributed by atoms with E-state index in [1.165, 1.54) is 18.6 Å². The third kappa shape index (κ3) is 1.58. The Hall–Kier alpha value is -2.24. The lowest BCUT2D eigenvalue weighted by Gasteiger charge is -1.99. The molecule has 0 fully saturated rings. The Labute approximate surface area is 79.0 Å². The molecule has 0 saturated carbocycles. The van der Waals surface area contributed by atoms with E-state index in [9.17, 15) is 0 Å². The van der Waals surface area contributed by atoms with E-state index < -0.39 is 0 Å². The predicted molar refractivity (Wildman–Crippen MR) is 46.4 cm³/mol. The van der Waals surface area contributed by atoms with E-state index in [-0.39, 0.29) is 17.6 Å². The molecule has 14 heavy (non-hydrogen) atoms. The summed E-state index contributed by atoms with van der Waals surface area (Å²) in [4.78, 5) is 15.1. The zero-order valence-corrected chi connectivity index (χ0v) is 6.99. The average molecular weight is 190 g/mol. The maximum absolute atomic E-state index is 9.10. The van der Waals surface area contributed by atoms with Crippen molar-refractivity contribution in [1.82, 2.24) is 19.9 Å². The first-order valence-electron chi connectivity index (χ1n) is 3.79. The van der Waals surface area contributed by atoms with Gasteiger partial charge in [-0.1, -0.05) is 0 Å². The first kappa shape index (κ1) is 8.36. The van der Waals surface area contributed by atoms with Gasteiger partial charge in [0.15, 0.2) is 5.82 Å². The third-order valence-electron chi connectivity index (χ3n) is 1.49. The van der Waals surface area contributed by atoms with Crippen LogP contribution in [0.4, 0.5) is 0 Å². The van der Waals surface area contributed by atoms with Crippen molar-refractivity contribution in [3.8, 4) is 23.3 Å². The molecule has 0 radical (unpaired) electrons. The Morgan fingerprint density at radius 3 is 2.29 bits per heavy atom. The van der Waals surface area contributed by atoms with Crippen molar-refractivity contribution in [2.24, 2.45) is 0 Å². The standard InChI is InChI=1S/C8H6N4O2/c13-6-3-7(14)12-8(11-6)5-4-9-1-2-10-5/h1-4H,(H2,11,12,13,14). The maximum atomic E-state index is 9.10. The van der Waals surface area contributed by atoms with Gasteiger partial charge in [-0.15, -0.1) is 0 Å². The molecule has 2 N–H and O–H groups in total. The number of aromatic nitrogens is 4. The average Bonchev–Trinajstić information content (AvgIpc) is 2.18. The van der Waals surface area contributed by atoms with E-state index in [1.807, 2.05) is 0 Å². The van der Waals surface area contributed by atoms with Gasteiger partial charge in [0.05, 0.1) is 12.3 Å². The van der Waals surface area contributed by atoms with E-state index in [4.69, 9.17) is 10.2 Å². The van der Waals surface area contributed by atoms with Crippen molar-refractivity contribution in [2.75, 3.05) is 0 Å². The van der Waals surface area contributed by atoms with Crippen LogP contribution in [0.25, 0.3) is 11.5 Å². The summed E-state index contributed by atoms with van der Waals surface area (Å²) in [5.74, 6) is -0.480. The maximum Gasteiger partial charge on any atom is 0.218 e. The molecule has 0 spiro atoms. The Bertz CT molecular complexity index is 426. The molecule has 2 aromatic heterocycles. The molecular formula is C8H6N4O2. The van der Waals surface area contributed by atoms with Crippen molar-refractivity contribution in [1.29, 1.82) is 0 Å². The summed E-state index contributed by atoms with van der Waals surface area (Å²) in [6.45, 7) is 0. The molecule has 0 unspecified atom stereocenters. The summed E-state index contributed by atoms with van der Waals surface area (Å²) in [6.07, 6.45) is 4.42. The highest BCUT2D eigenvalue weighted by Gasteiger charge is 2.06. The van der Waals surface area contributed by atoms with Crippen LogP contribution in [-0.2, 0) is 0 Å². The minimum absolute atomic E-state index is 0.135. The van der Waals surface area contributed by atoms with Crippen LogP contribution in [0.2, 0.25) is 0 Å². The summed E-state index contributed by atoms with van der Waals surface area (Å²) >= 11 is 0. The molecule has 70 valence electrons. The Balaban J connectivity index is 2.52. The van der Waals surface area contributed by atoms with E-state index in [2.05, 4.69) is 19.9 Å². The van der Waals surface area contributed by atoms with Crippen molar-refractivity contribution < 1.29 is 10.2 Å². The lowest BCUT2D eigenvalue weighted by atomic mass is 10.4. The second kappa shape index (κ2) is 3.25. The molecule has 6 heteroatoms. The highest BCUT2D eigenvalue weighted by molar-refractivity contribution is 5.48. The van der Waals surface area contributed by atoms with Crippen LogP contribution in [0.15, 0.2) is 24.7 Å². The number of aromatic hydroxyl groups is 2. The van der Waals surface area contributed by atoms with Gasteiger partial charge >= 0.3 is 0 Å². The molecular weight excluding hydrogens is 184 g/mol. The van der Waals surface area contributed by atoms with Gasteiger partial charge < -0.3 is 10.2 Å². The SMILES string of the molecule is Oc1cc(O)nc(-c2cnccn2)n1. The van der Waals surface area contributed by atoms with Crippen LogP contribution in [0, 0.1) is 0 Å². The predicted octanol–water partition coefficient (Wildman–Crippen LogP) is 0.345. The number of hydrogen-bond donors (Lipinski definition) is 2. The van der Waals surface area contributed by atoms with Crippen LogP contribution in [0.3, 0.4) is 0 Å². The van der Waals surface area contributed by atoms with Gasteiger partial charge in [0.1, 0.15) is 5.69 Å². The fourth-order valence-electron chi connectivity index (χ4n) is 0.951. The van der Waals surface area contributed by atoms with Crippen LogP contribution in [-0.4, -0.2) is 30.1 Å². The van der Waals surface area contributed by atoms with Crippen molar-refractivity contribution in [2.45, 2.75) is 0 Å². The van der Waals surface area contributed by atoms with Gasteiger partial charge in [-0.25, -0.2) is 4.98 Å². The highest BCUT2D eigenvalue weighted by Crippen LogP contribution is 2.18. The molecule has 0 aliphatic carbocycles. The Morgan fingerprint density at radius 2 is 1.71 bits per heavy atom. The monoisotopic (exact) mass is 190 g/mol. The lowest BCUT2D eigenvalue weighted by molar-refractivity contribution is 0.423. The van der Waals surface area contributed by atoms with Crippen LogP contribution >= 0.6 is 0 Å². The molecule has 6 nitrogen and oxygen atoms in total. The van der Waals surface area contributed by atoms with E-state index in [0.29, 0.717) is 5.69 Å². The fourth-order valence-corrected chi connectivity index (χ4v) is 0.951. The van der Waals surface area contributed by atoms with Gasteiger partial charge in [0.2, 0.25) is 11.8 Å². The molecule has 0 saturated heterocycles. The van der Waals surface area contributed by atoms with Gasteiger partial charge in [-0.2, -0.15) is 9.97 Å². The summed E-state index contributed by atoms with van der Waals surface area (Å²) in [5, 5.41) is 18.2. The molecule has 0 aliphatic rings. The topological polar surface area (TPSA) is 92.0 Å². The van der Waals surface area contributed by atoms with Gasteiger partial charge in [-0.05, 0) is 0 Å². The molecule has 0 aliphatic heterocycles. The first-order chi connectivity index (χ1) is 6.75. The molecule has 2 aromatic rings. The molecule has 2 rings (SSSR count). The molecule has 0 aromatic carbocycles. The second-order valence-corrected chi connectivity index (χ2v) is 2.50. The highest BCUT2D eigenvalue weighted by atomic mass is 16.3. The van der Waals surface area contributed by atoms with Crippen molar-refractivity contribution in [3.05, 3.63) is 24.7 Å². The van der Waals surface area contributed by atoms with Gasteiger partial charge in [0, 0.05) is 12.4 Å². The number of rotatable bonds is 1. The Kier molecular flexibility index (Phi) is 1.94. The van der Waals surface area contributed by atoms with Crippen LogP contribution in [0.1, 0.15) is 0 Å². The smallest absolute Gasteiger partial charge is 0.218 e. The quantitative estimate of drug-likeness (QED) is 0.673. The summed E-state index contributed by atoms with van der Waals surface area (Å²) in [5.41, 5.74) is 0.388. The van der Waals surface area contributed by atoms with E-state index in [1.54, 1.807) is 0 Å². The fraction of sp³-hybridized carbons (Fsp3) is 0. The van der Waals surface area contributed by atoms with Gasteiger partial charge in [0.25, 0.3) is 0 Å². The minimum atomic E-state index is -0.307. The third-order valence-corrected chi connectivity index (χ3v) is 1.49. The van der Waals surface area contributed by atoms with E-state index in [0.717, 1.165) is 6.07 Å². The zero-order chi connectivity index (χ0) is 9.97. The number of hydrogen-bond acceptors (Lipinski definition) is 6. The summed E-state index contributed by atoms with van der Waals surface area (Å²) < 4.78 is 0. The Morgan fingerprint density at radius 1 is 1.00 bits per heavy atom. The number of nitrogens with zero attached hydrogens (tertiary/aromatic N) is 4. The van der Waals surface area contributed by atoms with Crippen molar-refractivity contribution in [3.63, 3.8) is 0 Å². The molecule has 2 heterocycles. The van der Waals surface area contributed by atoms with Crippen LogP contribution < -0.4 is 0 Å². The molecule has 0 atom stereocenters. The van der Waals surface area contributed by atoms with Crippen LogP contribution in [0.5, 0.6) is 11.8 Å².